The number of carbonyl (C=O) groups excluding carboxylic acids is 3. The van der Waals surface area contributed by atoms with Crippen molar-refractivity contribution in [2.45, 2.75) is 31.0 Å². The molecule has 0 radical (unpaired) electrons. The summed E-state index contributed by atoms with van der Waals surface area (Å²) in [4.78, 5) is 54.3. The molecule has 1 unspecified atom stereocenters. The summed E-state index contributed by atoms with van der Waals surface area (Å²) in [7, 11) is 3.90. The van der Waals surface area contributed by atoms with E-state index < -0.39 is 35.3 Å². The van der Waals surface area contributed by atoms with Gasteiger partial charge in [-0.2, -0.15) is 13.9 Å². The summed E-state index contributed by atoms with van der Waals surface area (Å²) >= 11 is 2.36. The van der Waals surface area contributed by atoms with Crippen LogP contribution in [0.4, 0.5) is 10.8 Å². The van der Waals surface area contributed by atoms with Crippen molar-refractivity contribution < 1.29 is 28.5 Å². The predicted molar refractivity (Wildman–Crippen MR) is 186 cm³/mol. The van der Waals surface area contributed by atoms with Gasteiger partial charge in [-0.3, -0.25) is 14.5 Å². The number of β-lactam (4-membered cyclic amide) rings is 1. The molecule has 4 aromatic rings. The molecule has 13 nitrogen and oxygen atoms in total. The van der Waals surface area contributed by atoms with Crippen LogP contribution in [-0.2, 0) is 30.5 Å². The van der Waals surface area contributed by atoms with Gasteiger partial charge in [0.2, 0.25) is 11.5 Å². The highest BCUT2D eigenvalue weighted by molar-refractivity contribution is 8.00. The van der Waals surface area contributed by atoms with Crippen molar-refractivity contribution in [3.8, 4) is 0 Å². The van der Waals surface area contributed by atoms with E-state index in [9.17, 15) is 14.4 Å². The van der Waals surface area contributed by atoms with Gasteiger partial charge in [-0.25, -0.2) is 4.79 Å². The van der Waals surface area contributed by atoms with Crippen LogP contribution in [0.25, 0.3) is 0 Å². The highest BCUT2D eigenvalue weighted by Gasteiger charge is 2.55. The van der Waals surface area contributed by atoms with E-state index in [4.69, 9.17) is 15.3 Å². The lowest BCUT2D eigenvalue weighted by Gasteiger charge is -2.49. The fourth-order valence-corrected chi connectivity index (χ4v) is 7.26. The second kappa shape index (κ2) is 14.9. The first kappa shape index (κ1) is 33.6. The van der Waals surface area contributed by atoms with Crippen LogP contribution in [0.1, 0.15) is 30.0 Å². The molecule has 252 valence electrons. The maximum absolute atomic E-state index is 14.4. The average Bonchev–Trinajstić information content (AvgIpc) is 3.55. The molecule has 2 aliphatic heterocycles. The minimum atomic E-state index is -0.951. The van der Waals surface area contributed by atoms with Gasteiger partial charge < -0.3 is 25.5 Å². The van der Waals surface area contributed by atoms with Crippen LogP contribution in [0.5, 0.6) is 0 Å². The number of nitrogens with one attached hydrogen (secondary N) is 1. The van der Waals surface area contributed by atoms with Crippen molar-refractivity contribution in [2.24, 2.45) is 5.16 Å². The number of rotatable bonds is 12. The number of thioether (sulfide) groups is 1. The zero-order valence-electron chi connectivity index (χ0n) is 27.1. The Hall–Kier alpha value is -5.28. The Kier molecular flexibility index (Phi) is 10.2. The Morgan fingerprint density at radius 3 is 2.41 bits per heavy atom. The number of oxime groups is 1. The van der Waals surface area contributed by atoms with Crippen LogP contribution < -0.4 is 20.5 Å². The first-order valence-corrected chi connectivity index (χ1v) is 17.3. The summed E-state index contributed by atoms with van der Waals surface area (Å²) in [6.45, 7) is 2.26. The molecule has 15 heteroatoms. The second-order valence-electron chi connectivity index (χ2n) is 11.4. The van der Waals surface area contributed by atoms with Crippen LogP contribution in [0.2, 0.25) is 0 Å². The molecule has 0 aliphatic carbocycles. The summed E-state index contributed by atoms with van der Waals surface area (Å²) in [6, 6.07) is 21.9. The fraction of sp³-hybridized carbons (Fsp3) is 0.265. The Bertz CT molecular complexity index is 1860. The summed E-state index contributed by atoms with van der Waals surface area (Å²) in [6.07, 6.45) is 3.17. The number of nitrogens with two attached hydrogens (primary N) is 1. The molecular weight excluding hydrogens is 665 g/mol. The number of nitrogens with zero attached hydrogens (tertiary/aromatic N) is 6. The molecule has 3 N–H and O–H groups in total. The molecule has 2 aromatic carbocycles. The van der Waals surface area contributed by atoms with Crippen molar-refractivity contribution in [3.05, 3.63) is 113 Å². The Balaban J connectivity index is 1.32. The lowest BCUT2D eigenvalue weighted by Crippen LogP contribution is -2.71. The second-order valence-corrected chi connectivity index (χ2v) is 13.3. The topological polar surface area (TPSA) is 156 Å². The number of ether oxygens (including phenoxy) is 1. The molecular formula is C34H35N8O5S2+. The van der Waals surface area contributed by atoms with E-state index in [2.05, 4.69) is 19.8 Å². The Morgan fingerprint density at radius 1 is 1.10 bits per heavy atom. The summed E-state index contributed by atoms with van der Waals surface area (Å²) in [5.74, 6) is -1.39. The van der Waals surface area contributed by atoms with Crippen molar-refractivity contribution >= 4 is 57.6 Å². The number of hydrogen-bond acceptors (Lipinski definition) is 12. The van der Waals surface area contributed by atoms with Gasteiger partial charge in [0.25, 0.3) is 11.8 Å². The summed E-state index contributed by atoms with van der Waals surface area (Å²) in [5.41, 5.74) is 8.96. The first-order chi connectivity index (χ1) is 23.7. The van der Waals surface area contributed by atoms with Crippen LogP contribution >= 0.6 is 23.3 Å². The number of anilines is 2. The fourth-order valence-electron chi connectivity index (χ4n) is 5.49. The van der Waals surface area contributed by atoms with Crippen LogP contribution in [0.15, 0.2) is 102 Å². The average molecular weight is 700 g/mol. The number of hydrogen-bond donors (Lipinski definition) is 2. The molecule has 2 atom stereocenters. The van der Waals surface area contributed by atoms with Gasteiger partial charge in [-0.1, -0.05) is 65.8 Å². The molecule has 6 rings (SSSR count). The minimum absolute atomic E-state index is 0.00957. The molecule has 0 spiro atoms. The highest BCUT2D eigenvalue weighted by Crippen LogP contribution is 2.42. The third-order valence-corrected chi connectivity index (χ3v) is 9.72. The quantitative estimate of drug-likeness (QED) is 0.0742. The number of nitrogen functional groups attached to an aromatic ring is 1. The van der Waals surface area contributed by atoms with Crippen molar-refractivity contribution in [1.29, 1.82) is 0 Å². The monoisotopic (exact) mass is 699 g/mol. The van der Waals surface area contributed by atoms with Gasteiger partial charge in [0.05, 0.1) is 0 Å². The molecule has 2 amide bonds. The summed E-state index contributed by atoms with van der Waals surface area (Å²) in [5, 5.41) is 6.22. The molecule has 2 aromatic heterocycles. The smallest absolute Gasteiger partial charge is 0.356 e. The van der Waals surface area contributed by atoms with E-state index in [0.29, 0.717) is 17.9 Å². The van der Waals surface area contributed by atoms with Crippen molar-refractivity contribution in [3.63, 3.8) is 0 Å². The van der Waals surface area contributed by atoms with Gasteiger partial charge in [-0.05, 0) is 24.1 Å². The molecule has 49 heavy (non-hydrogen) atoms. The number of carbonyl (C=O) groups is 3. The number of benzene rings is 2. The molecule has 0 saturated carbocycles. The van der Waals surface area contributed by atoms with Gasteiger partial charge in [-0.15, -0.1) is 11.8 Å². The zero-order chi connectivity index (χ0) is 34.5. The van der Waals surface area contributed by atoms with Crippen molar-refractivity contribution in [1.82, 2.24) is 19.6 Å². The largest absolute Gasteiger partial charge is 0.448 e. The van der Waals surface area contributed by atoms with E-state index in [1.807, 2.05) is 109 Å². The van der Waals surface area contributed by atoms with Crippen LogP contribution in [0, 0.1) is 0 Å². The first-order valence-electron chi connectivity index (χ1n) is 15.5. The maximum atomic E-state index is 14.4. The molecule has 1 saturated heterocycles. The van der Waals surface area contributed by atoms with E-state index >= 15 is 0 Å². The predicted octanol–water partition coefficient (Wildman–Crippen LogP) is 2.90. The third kappa shape index (κ3) is 7.27. The number of fused-ring (bicyclic) bond motifs is 1. The molecule has 1 fully saturated rings. The highest BCUT2D eigenvalue weighted by atomic mass is 32.2. The maximum Gasteiger partial charge on any atom is 0.356 e. The normalized spacial score (nSPS) is 17.3. The standard InChI is InChI=1S/C34H34N8O5S2/c1-4-46-38-25(29-37-34(35)49-39-29)30(43)36-26-31(44)42-27(23(20-48-32(26)42)18-41-17-11-16-24(19-41)40(2)3)33(45)47-28(21-12-7-5-8-13-21)22-14-9-6-10-15-22/h5-17,19,26,28,32H,4,18,20H2,1-3H3,(H2-,35,36,37,39,43)/p+1/t26?,32-/m1/s1. The SMILES string of the molecule is CCON=C(C(=O)NC1C(=O)N2C(C(=O)OC(c3ccccc3)c3ccccc3)=C(C[n+]3cccc(N(C)C)c3)CS[C@H]12)c1nsc(N)n1. The van der Waals surface area contributed by atoms with Crippen LogP contribution in [0.3, 0.4) is 0 Å². The summed E-state index contributed by atoms with van der Waals surface area (Å²) < 4.78 is 12.3. The van der Waals surface area contributed by atoms with E-state index in [0.717, 1.165) is 28.3 Å². The van der Waals surface area contributed by atoms with E-state index in [-0.39, 0.29) is 29.0 Å². The number of esters is 1. The number of aromatic nitrogens is 3. The lowest BCUT2D eigenvalue weighted by atomic mass is 10.0. The van der Waals surface area contributed by atoms with Gasteiger partial charge in [0.15, 0.2) is 30.2 Å². The van der Waals surface area contributed by atoms with Gasteiger partial charge in [0.1, 0.15) is 29.4 Å². The molecule has 2 aliphatic rings. The van der Waals surface area contributed by atoms with E-state index in [1.165, 1.54) is 16.7 Å². The molecule has 0 bridgehead atoms. The van der Waals surface area contributed by atoms with Crippen molar-refractivity contribution in [2.75, 3.05) is 37.1 Å². The number of amides is 2. The van der Waals surface area contributed by atoms with E-state index in [1.54, 1.807) is 6.92 Å². The van der Waals surface area contributed by atoms with Gasteiger partial charge in [0, 0.05) is 43.0 Å². The zero-order valence-corrected chi connectivity index (χ0v) is 28.7. The van der Waals surface area contributed by atoms with Gasteiger partial charge >= 0.3 is 5.97 Å². The third-order valence-electron chi connectivity index (χ3n) is 7.84. The minimum Gasteiger partial charge on any atom is -0.448 e. The lowest BCUT2D eigenvalue weighted by molar-refractivity contribution is -0.688. The Morgan fingerprint density at radius 2 is 1.80 bits per heavy atom. The Labute approximate surface area is 291 Å². The van der Waals surface area contributed by atoms with Crippen LogP contribution in [-0.4, -0.2) is 75.6 Å². The number of pyridine rings is 1. The molecule has 4 heterocycles.